The van der Waals surface area contributed by atoms with Crippen molar-refractivity contribution >= 4 is 11.2 Å². The Morgan fingerprint density at radius 2 is 2.00 bits per heavy atom. The summed E-state index contributed by atoms with van der Waals surface area (Å²) in [5.41, 5.74) is 8.24. The normalized spacial score (nSPS) is 11.1. The molecule has 4 aromatic rings. The first-order valence-corrected chi connectivity index (χ1v) is 7.29. The molecule has 2 N–H and O–H groups in total. The summed E-state index contributed by atoms with van der Waals surface area (Å²) in [6.07, 6.45) is 7.11. The average Bonchev–Trinajstić information content (AvgIpc) is 3.18. The van der Waals surface area contributed by atoms with Crippen molar-refractivity contribution in [2.75, 3.05) is 5.73 Å². The summed E-state index contributed by atoms with van der Waals surface area (Å²) in [4.78, 5) is 4.33. The molecule has 24 heavy (non-hydrogen) atoms. The molecule has 0 aliphatic rings. The molecular weight excluding hydrogens is 309 g/mol. The molecule has 120 valence electrons. The fourth-order valence-electron chi connectivity index (χ4n) is 2.50. The van der Waals surface area contributed by atoms with Crippen molar-refractivity contribution in [3.63, 3.8) is 0 Å². The lowest BCUT2D eigenvalue weighted by atomic mass is 10.2. The summed E-state index contributed by atoms with van der Waals surface area (Å²) < 4.78 is 23.3. The van der Waals surface area contributed by atoms with E-state index in [0.29, 0.717) is 11.4 Å². The lowest BCUT2D eigenvalue weighted by Gasteiger charge is -2.10. The van der Waals surface area contributed by atoms with Crippen LogP contribution >= 0.6 is 0 Å². The van der Waals surface area contributed by atoms with Gasteiger partial charge in [0, 0.05) is 36.8 Å². The van der Waals surface area contributed by atoms with Crippen molar-refractivity contribution in [2.24, 2.45) is 7.05 Å². The number of nitrogen functional groups attached to an aromatic ring is 1. The van der Waals surface area contributed by atoms with Gasteiger partial charge in [-0.15, -0.1) is 0 Å². The SMILES string of the molecule is Cn1cnc(-c2cc(Oc3ccc(N)cc3F)c3ccnn3c2)c1. The zero-order valence-corrected chi connectivity index (χ0v) is 12.8. The van der Waals surface area contributed by atoms with Gasteiger partial charge in [0.25, 0.3) is 0 Å². The van der Waals surface area contributed by atoms with E-state index in [9.17, 15) is 4.39 Å². The van der Waals surface area contributed by atoms with Crippen LogP contribution in [-0.2, 0) is 7.05 Å². The van der Waals surface area contributed by atoms with Gasteiger partial charge in [0.15, 0.2) is 17.3 Å². The van der Waals surface area contributed by atoms with E-state index in [2.05, 4.69) is 10.1 Å². The fourth-order valence-corrected chi connectivity index (χ4v) is 2.50. The third-order valence-corrected chi connectivity index (χ3v) is 3.65. The van der Waals surface area contributed by atoms with Crippen molar-refractivity contribution < 1.29 is 9.13 Å². The molecule has 3 aromatic heterocycles. The molecule has 0 unspecified atom stereocenters. The minimum absolute atomic E-state index is 0.102. The average molecular weight is 323 g/mol. The van der Waals surface area contributed by atoms with Crippen LogP contribution in [0.2, 0.25) is 0 Å². The molecule has 0 atom stereocenters. The summed E-state index contributed by atoms with van der Waals surface area (Å²) in [6, 6.07) is 7.94. The number of hydrogen-bond donors (Lipinski definition) is 1. The Balaban J connectivity index is 1.83. The zero-order valence-electron chi connectivity index (χ0n) is 12.8. The molecule has 0 spiro atoms. The van der Waals surface area contributed by atoms with Gasteiger partial charge >= 0.3 is 0 Å². The van der Waals surface area contributed by atoms with E-state index in [1.54, 1.807) is 29.2 Å². The van der Waals surface area contributed by atoms with Gasteiger partial charge in [-0.05, 0) is 24.3 Å². The van der Waals surface area contributed by atoms with Gasteiger partial charge in [0.05, 0.1) is 18.2 Å². The second-order valence-electron chi connectivity index (χ2n) is 5.47. The van der Waals surface area contributed by atoms with Gasteiger partial charge < -0.3 is 15.0 Å². The van der Waals surface area contributed by atoms with E-state index >= 15 is 0 Å². The number of imidazole rings is 1. The topological polar surface area (TPSA) is 70.4 Å². The highest BCUT2D eigenvalue weighted by molar-refractivity contribution is 5.69. The maximum atomic E-state index is 14.0. The molecule has 6 nitrogen and oxygen atoms in total. The van der Waals surface area contributed by atoms with Crippen molar-refractivity contribution in [2.45, 2.75) is 0 Å². The van der Waals surface area contributed by atoms with Crippen molar-refractivity contribution in [3.8, 4) is 22.8 Å². The molecule has 0 radical (unpaired) electrons. The zero-order chi connectivity index (χ0) is 16.7. The Kier molecular flexibility index (Phi) is 3.19. The van der Waals surface area contributed by atoms with Crippen LogP contribution in [0.4, 0.5) is 10.1 Å². The molecular formula is C17H14FN5O. The van der Waals surface area contributed by atoms with E-state index in [-0.39, 0.29) is 5.75 Å². The number of benzene rings is 1. The number of rotatable bonds is 3. The number of aromatic nitrogens is 4. The third kappa shape index (κ3) is 2.45. The summed E-state index contributed by atoms with van der Waals surface area (Å²) in [7, 11) is 1.89. The fraction of sp³-hybridized carbons (Fsp3) is 0.0588. The van der Waals surface area contributed by atoms with Gasteiger partial charge in [-0.2, -0.15) is 5.10 Å². The van der Waals surface area contributed by atoms with E-state index < -0.39 is 5.82 Å². The maximum absolute atomic E-state index is 14.0. The molecule has 0 saturated carbocycles. The van der Waals surface area contributed by atoms with E-state index in [1.807, 2.05) is 30.1 Å². The summed E-state index contributed by atoms with van der Waals surface area (Å²) in [5.74, 6) is 0.0701. The van der Waals surface area contributed by atoms with Crippen molar-refractivity contribution in [1.82, 2.24) is 19.2 Å². The van der Waals surface area contributed by atoms with Crippen molar-refractivity contribution in [1.29, 1.82) is 0 Å². The predicted molar refractivity (Wildman–Crippen MR) is 88.3 cm³/mol. The number of ether oxygens (including phenoxy) is 1. The first-order valence-electron chi connectivity index (χ1n) is 7.29. The van der Waals surface area contributed by atoms with Crippen molar-refractivity contribution in [3.05, 3.63) is 61.1 Å². The number of aryl methyl sites for hydroxylation is 1. The quantitative estimate of drug-likeness (QED) is 0.588. The van der Waals surface area contributed by atoms with Gasteiger partial charge in [0.2, 0.25) is 0 Å². The van der Waals surface area contributed by atoms with Crippen LogP contribution in [-0.4, -0.2) is 19.2 Å². The Morgan fingerprint density at radius 1 is 1.12 bits per heavy atom. The molecule has 0 amide bonds. The smallest absolute Gasteiger partial charge is 0.167 e. The lowest BCUT2D eigenvalue weighted by molar-refractivity contribution is 0.445. The first-order chi connectivity index (χ1) is 11.6. The second kappa shape index (κ2) is 5.38. The molecule has 0 aliphatic carbocycles. The van der Waals surface area contributed by atoms with Crippen LogP contribution in [0.15, 0.2) is 55.2 Å². The molecule has 0 bridgehead atoms. The van der Waals surface area contributed by atoms with E-state index in [1.165, 1.54) is 12.1 Å². The molecule has 0 saturated heterocycles. The first kappa shape index (κ1) is 14.3. The van der Waals surface area contributed by atoms with Crippen LogP contribution in [0, 0.1) is 5.82 Å². The number of nitrogens with zero attached hydrogens (tertiary/aromatic N) is 4. The summed E-state index contributed by atoms with van der Waals surface area (Å²) >= 11 is 0. The molecule has 1 aromatic carbocycles. The molecule has 3 heterocycles. The Morgan fingerprint density at radius 3 is 2.75 bits per heavy atom. The lowest BCUT2D eigenvalue weighted by Crippen LogP contribution is -1.96. The summed E-state index contributed by atoms with van der Waals surface area (Å²) in [6.45, 7) is 0. The standard InChI is InChI=1S/C17H14FN5O/c1-22-9-14(20-10-22)11-6-17(15-4-5-21-23(15)8-11)24-16-3-2-12(19)7-13(16)18/h2-10H,19H2,1H3. The Hall–Kier alpha value is -3.35. The van der Waals surface area contributed by atoms with Crippen LogP contribution in [0.25, 0.3) is 16.8 Å². The second-order valence-corrected chi connectivity index (χ2v) is 5.47. The van der Waals surface area contributed by atoms with Crippen LogP contribution in [0.1, 0.15) is 0 Å². The van der Waals surface area contributed by atoms with Crippen LogP contribution in [0.5, 0.6) is 11.5 Å². The number of anilines is 1. The van der Waals surface area contributed by atoms with Gasteiger partial charge in [-0.3, -0.25) is 0 Å². The predicted octanol–water partition coefficient (Wildman–Crippen LogP) is 3.25. The number of fused-ring (bicyclic) bond motifs is 1. The Labute approximate surface area is 136 Å². The largest absolute Gasteiger partial charge is 0.452 e. The summed E-state index contributed by atoms with van der Waals surface area (Å²) in [5, 5.41) is 4.24. The monoisotopic (exact) mass is 323 g/mol. The highest BCUT2D eigenvalue weighted by Gasteiger charge is 2.12. The minimum atomic E-state index is -0.518. The number of nitrogens with two attached hydrogens (primary N) is 1. The molecule has 4 rings (SSSR count). The minimum Gasteiger partial charge on any atom is -0.452 e. The van der Waals surface area contributed by atoms with Crippen LogP contribution in [0.3, 0.4) is 0 Å². The molecule has 0 fully saturated rings. The number of pyridine rings is 1. The highest BCUT2D eigenvalue weighted by Crippen LogP contribution is 2.32. The highest BCUT2D eigenvalue weighted by atomic mass is 19.1. The Bertz CT molecular complexity index is 1040. The third-order valence-electron chi connectivity index (χ3n) is 3.65. The van der Waals surface area contributed by atoms with E-state index in [0.717, 1.165) is 16.8 Å². The van der Waals surface area contributed by atoms with Gasteiger partial charge in [0.1, 0.15) is 5.52 Å². The molecule has 0 aliphatic heterocycles. The number of halogens is 1. The van der Waals surface area contributed by atoms with E-state index in [4.69, 9.17) is 10.5 Å². The van der Waals surface area contributed by atoms with Gasteiger partial charge in [-0.1, -0.05) is 0 Å². The van der Waals surface area contributed by atoms with Crippen LogP contribution < -0.4 is 10.5 Å². The molecule has 7 heteroatoms. The number of hydrogen-bond acceptors (Lipinski definition) is 4. The maximum Gasteiger partial charge on any atom is 0.167 e. The van der Waals surface area contributed by atoms with Gasteiger partial charge in [-0.25, -0.2) is 13.9 Å².